The van der Waals surface area contributed by atoms with Crippen LogP contribution in [0.15, 0.2) is 54.6 Å². The number of aliphatic hydroxyl groups excluding tert-OH is 1. The minimum Gasteiger partial charge on any atom is -0.491 e. The van der Waals surface area contributed by atoms with E-state index in [9.17, 15) is 13.5 Å². The van der Waals surface area contributed by atoms with E-state index in [-0.39, 0.29) is 12.4 Å². The highest BCUT2D eigenvalue weighted by molar-refractivity contribution is 7.90. The second-order valence-electron chi connectivity index (χ2n) is 4.95. The molecule has 21 heavy (non-hydrogen) atoms. The third-order valence-corrected chi connectivity index (χ3v) is 3.89. The van der Waals surface area contributed by atoms with Crippen LogP contribution >= 0.6 is 0 Å². The Hall–Kier alpha value is -1.85. The summed E-state index contributed by atoms with van der Waals surface area (Å²) >= 11 is 0. The summed E-state index contributed by atoms with van der Waals surface area (Å²) in [6.07, 6.45) is 0.0685. The van der Waals surface area contributed by atoms with Gasteiger partial charge in [-0.2, -0.15) is 0 Å². The number of ether oxygens (including phenoxy) is 1. The van der Waals surface area contributed by atoms with Crippen molar-refractivity contribution >= 4 is 9.84 Å². The molecule has 0 saturated carbocycles. The summed E-state index contributed by atoms with van der Waals surface area (Å²) in [4.78, 5) is 0. The second-order valence-corrected chi connectivity index (χ2v) is 7.13. The Kier molecular flexibility index (Phi) is 4.98. The Balaban J connectivity index is 1.94. The monoisotopic (exact) mass is 306 g/mol. The van der Waals surface area contributed by atoms with E-state index in [4.69, 9.17) is 4.74 Å². The van der Waals surface area contributed by atoms with Crippen molar-refractivity contribution in [2.24, 2.45) is 0 Å². The molecule has 1 N–H and O–H groups in total. The number of sulfone groups is 1. The van der Waals surface area contributed by atoms with Crippen LogP contribution in [0.25, 0.3) is 11.1 Å². The molecule has 4 nitrogen and oxygen atoms in total. The van der Waals surface area contributed by atoms with Crippen LogP contribution < -0.4 is 4.74 Å². The Bertz CT molecular complexity index is 663. The number of hydrogen-bond acceptors (Lipinski definition) is 4. The fourth-order valence-electron chi connectivity index (χ4n) is 1.96. The van der Waals surface area contributed by atoms with Gasteiger partial charge in [0.2, 0.25) is 0 Å². The Labute approximate surface area is 124 Å². The van der Waals surface area contributed by atoms with Gasteiger partial charge in [0, 0.05) is 6.26 Å². The predicted molar refractivity (Wildman–Crippen MR) is 83.1 cm³/mol. The fraction of sp³-hybridized carbons (Fsp3) is 0.250. The van der Waals surface area contributed by atoms with Crippen molar-refractivity contribution in [3.63, 3.8) is 0 Å². The predicted octanol–water partition coefficient (Wildman–Crippen LogP) is 2.14. The zero-order chi connectivity index (χ0) is 15.3. The largest absolute Gasteiger partial charge is 0.491 e. The first kappa shape index (κ1) is 15.5. The zero-order valence-corrected chi connectivity index (χ0v) is 12.6. The SMILES string of the molecule is CS(=O)(=O)CC(O)COc1ccc(-c2ccccc2)cc1. The molecule has 0 fully saturated rings. The van der Waals surface area contributed by atoms with E-state index in [1.807, 2.05) is 42.5 Å². The number of benzene rings is 2. The first-order valence-electron chi connectivity index (χ1n) is 6.58. The zero-order valence-electron chi connectivity index (χ0n) is 11.8. The van der Waals surface area contributed by atoms with Crippen molar-refractivity contribution in [2.45, 2.75) is 6.10 Å². The van der Waals surface area contributed by atoms with Gasteiger partial charge < -0.3 is 9.84 Å². The van der Waals surface area contributed by atoms with E-state index in [0.29, 0.717) is 5.75 Å². The van der Waals surface area contributed by atoms with Crippen LogP contribution in [0.4, 0.5) is 0 Å². The van der Waals surface area contributed by atoms with Crippen LogP contribution in [0.1, 0.15) is 0 Å². The maximum atomic E-state index is 11.0. The van der Waals surface area contributed by atoms with Crippen molar-refractivity contribution in [3.05, 3.63) is 54.6 Å². The first-order valence-corrected chi connectivity index (χ1v) is 8.64. The summed E-state index contributed by atoms with van der Waals surface area (Å²) in [6.45, 7) is -0.0439. The lowest BCUT2D eigenvalue weighted by Crippen LogP contribution is -2.26. The molecule has 1 unspecified atom stereocenters. The van der Waals surface area contributed by atoms with Crippen molar-refractivity contribution < 1.29 is 18.3 Å². The van der Waals surface area contributed by atoms with Crippen molar-refractivity contribution in [3.8, 4) is 16.9 Å². The molecule has 2 aromatic rings. The Morgan fingerprint density at radius 1 is 1.00 bits per heavy atom. The number of aliphatic hydroxyl groups is 1. The molecule has 5 heteroatoms. The molecule has 0 radical (unpaired) electrons. The summed E-state index contributed by atoms with van der Waals surface area (Å²) in [5.41, 5.74) is 2.18. The van der Waals surface area contributed by atoms with Crippen LogP contribution in [-0.4, -0.2) is 38.2 Å². The average Bonchev–Trinajstić information content (AvgIpc) is 2.45. The Morgan fingerprint density at radius 3 is 2.14 bits per heavy atom. The van der Waals surface area contributed by atoms with E-state index >= 15 is 0 Å². The molecule has 0 amide bonds. The molecule has 0 saturated heterocycles. The van der Waals surface area contributed by atoms with Gasteiger partial charge in [-0.3, -0.25) is 0 Å². The number of hydrogen-bond donors (Lipinski definition) is 1. The normalized spacial score (nSPS) is 12.9. The molecule has 0 aromatic heterocycles. The molecule has 0 bridgehead atoms. The molecule has 2 rings (SSSR count). The molecular formula is C16H18O4S. The molecular weight excluding hydrogens is 288 g/mol. The molecule has 0 aliphatic rings. The van der Waals surface area contributed by atoms with Gasteiger partial charge >= 0.3 is 0 Å². The number of rotatable bonds is 6. The van der Waals surface area contributed by atoms with E-state index in [1.165, 1.54) is 0 Å². The van der Waals surface area contributed by atoms with Gasteiger partial charge in [-0.1, -0.05) is 42.5 Å². The van der Waals surface area contributed by atoms with E-state index in [2.05, 4.69) is 0 Å². The van der Waals surface area contributed by atoms with Crippen LogP contribution in [0.3, 0.4) is 0 Å². The maximum Gasteiger partial charge on any atom is 0.150 e. The van der Waals surface area contributed by atoms with E-state index < -0.39 is 15.9 Å². The summed E-state index contributed by atoms with van der Waals surface area (Å²) in [6, 6.07) is 17.4. The standard InChI is InChI=1S/C16H18O4S/c1-21(18,19)12-15(17)11-20-16-9-7-14(8-10-16)13-5-3-2-4-6-13/h2-10,15,17H,11-12H2,1H3. The lowest BCUT2D eigenvalue weighted by atomic mass is 10.1. The van der Waals surface area contributed by atoms with Crippen LogP contribution in [0.5, 0.6) is 5.75 Å². The van der Waals surface area contributed by atoms with E-state index in [0.717, 1.165) is 17.4 Å². The van der Waals surface area contributed by atoms with Gasteiger partial charge in [-0.15, -0.1) is 0 Å². The highest BCUT2D eigenvalue weighted by atomic mass is 32.2. The molecule has 0 heterocycles. The quantitative estimate of drug-likeness (QED) is 0.888. The van der Waals surface area contributed by atoms with Crippen molar-refractivity contribution in [1.29, 1.82) is 0 Å². The van der Waals surface area contributed by atoms with Gasteiger partial charge in [-0.25, -0.2) is 8.42 Å². The molecule has 0 aliphatic carbocycles. The fourth-order valence-corrected chi connectivity index (χ4v) is 2.76. The summed E-state index contributed by atoms with van der Waals surface area (Å²) in [7, 11) is -3.20. The van der Waals surface area contributed by atoms with Crippen LogP contribution in [0.2, 0.25) is 0 Å². The molecule has 2 aromatic carbocycles. The van der Waals surface area contributed by atoms with Crippen LogP contribution in [-0.2, 0) is 9.84 Å². The molecule has 112 valence electrons. The van der Waals surface area contributed by atoms with Crippen LogP contribution in [0, 0.1) is 0 Å². The minimum absolute atomic E-state index is 0.0439. The third-order valence-electron chi connectivity index (χ3n) is 2.90. The van der Waals surface area contributed by atoms with Gasteiger partial charge in [-0.05, 0) is 23.3 Å². The lowest BCUT2D eigenvalue weighted by Gasteiger charge is -2.11. The minimum atomic E-state index is -3.20. The van der Waals surface area contributed by atoms with Gasteiger partial charge in [0.05, 0.1) is 5.75 Å². The summed E-state index contributed by atoms with van der Waals surface area (Å²) in [5.74, 6) is 0.303. The maximum absolute atomic E-state index is 11.0. The lowest BCUT2D eigenvalue weighted by molar-refractivity contribution is 0.125. The smallest absolute Gasteiger partial charge is 0.150 e. The Morgan fingerprint density at radius 2 is 1.57 bits per heavy atom. The average molecular weight is 306 g/mol. The highest BCUT2D eigenvalue weighted by Gasteiger charge is 2.12. The van der Waals surface area contributed by atoms with Crippen molar-refractivity contribution in [1.82, 2.24) is 0 Å². The topological polar surface area (TPSA) is 63.6 Å². The highest BCUT2D eigenvalue weighted by Crippen LogP contribution is 2.22. The van der Waals surface area contributed by atoms with E-state index in [1.54, 1.807) is 12.1 Å². The molecule has 0 spiro atoms. The third kappa shape index (κ3) is 5.21. The first-order chi connectivity index (χ1) is 9.94. The molecule has 1 atom stereocenters. The van der Waals surface area contributed by atoms with Gasteiger partial charge in [0.25, 0.3) is 0 Å². The van der Waals surface area contributed by atoms with Gasteiger partial charge in [0.1, 0.15) is 28.3 Å². The summed E-state index contributed by atoms with van der Waals surface area (Å²) < 4.78 is 27.5. The van der Waals surface area contributed by atoms with Crippen molar-refractivity contribution in [2.75, 3.05) is 18.6 Å². The second kappa shape index (κ2) is 6.74. The van der Waals surface area contributed by atoms with Gasteiger partial charge in [0.15, 0.2) is 0 Å². The molecule has 0 aliphatic heterocycles. The summed E-state index contributed by atoms with van der Waals surface area (Å²) in [5, 5.41) is 9.57.